The normalized spacial score (nSPS) is 9.75. The molecule has 0 bridgehead atoms. The van der Waals surface area contributed by atoms with Gasteiger partial charge in [-0.2, -0.15) is 5.26 Å². The van der Waals surface area contributed by atoms with Crippen molar-refractivity contribution in [3.63, 3.8) is 0 Å². The maximum atomic E-state index is 12.0. The topological polar surface area (TPSA) is 41.6 Å². The van der Waals surface area contributed by atoms with Crippen molar-refractivity contribution in [2.75, 3.05) is 6.67 Å². The molecule has 0 atom stereocenters. The summed E-state index contributed by atoms with van der Waals surface area (Å²) < 4.78 is 13.5. The highest BCUT2D eigenvalue weighted by Crippen LogP contribution is 2.11. The maximum Gasteiger partial charge on any atom is 0.128 e. The Hall–Kier alpha value is -1.08. The minimum Gasteiger partial charge on any atom is -0.316 e. The standard InChI is InChI=1S/C7H7ClFN3/c8-6-5-11-7(1-3-10)12(6)4-2-9/h5H,1-2,4H2. The highest BCUT2D eigenvalue weighted by Gasteiger charge is 2.06. The van der Waals surface area contributed by atoms with Crippen LogP contribution in [0.3, 0.4) is 0 Å². The number of rotatable bonds is 3. The molecule has 0 saturated carbocycles. The summed E-state index contributed by atoms with van der Waals surface area (Å²) in [4.78, 5) is 3.87. The first kappa shape index (κ1) is 9.01. The fourth-order valence-corrected chi connectivity index (χ4v) is 1.15. The summed E-state index contributed by atoms with van der Waals surface area (Å²) in [6, 6.07) is 1.93. The Morgan fingerprint density at radius 2 is 2.50 bits per heavy atom. The molecule has 0 aromatic carbocycles. The third kappa shape index (κ3) is 1.74. The van der Waals surface area contributed by atoms with Crippen LogP contribution in [0, 0.1) is 11.3 Å². The van der Waals surface area contributed by atoms with Gasteiger partial charge in [0, 0.05) is 0 Å². The highest BCUT2D eigenvalue weighted by atomic mass is 35.5. The average molecular weight is 188 g/mol. The third-order valence-electron chi connectivity index (χ3n) is 1.43. The van der Waals surface area contributed by atoms with E-state index in [4.69, 9.17) is 16.9 Å². The molecule has 0 spiro atoms. The second kappa shape index (κ2) is 4.07. The van der Waals surface area contributed by atoms with Gasteiger partial charge in [0.15, 0.2) is 0 Å². The number of alkyl halides is 1. The van der Waals surface area contributed by atoms with Crippen LogP contribution in [0.2, 0.25) is 5.15 Å². The zero-order valence-electron chi connectivity index (χ0n) is 6.30. The molecule has 0 N–H and O–H groups in total. The van der Waals surface area contributed by atoms with Gasteiger partial charge in [0.2, 0.25) is 0 Å². The first-order valence-electron chi connectivity index (χ1n) is 3.42. The molecule has 0 saturated heterocycles. The number of aromatic nitrogens is 2. The van der Waals surface area contributed by atoms with Crippen LogP contribution in [0.4, 0.5) is 4.39 Å². The summed E-state index contributed by atoms with van der Waals surface area (Å²) in [6.07, 6.45) is 1.58. The highest BCUT2D eigenvalue weighted by molar-refractivity contribution is 6.29. The number of halogens is 2. The van der Waals surface area contributed by atoms with Crippen molar-refractivity contribution < 1.29 is 4.39 Å². The maximum absolute atomic E-state index is 12.0. The summed E-state index contributed by atoms with van der Waals surface area (Å²) >= 11 is 5.68. The lowest BCUT2D eigenvalue weighted by atomic mass is 10.4. The van der Waals surface area contributed by atoms with Gasteiger partial charge in [0.05, 0.1) is 25.2 Å². The Morgan fingerprint density at radius 3 is 3.08 bits per heavy atom. The summed E-state index contributed by atoms with van der Waals surface area (Å²) in [7, 11) is 0. The van der Waals surface area contributed by atoms with Crippen LogP contribution in [-0.2, 0) is 13.0 Å². The summed E-state index contributed by atoms with van der Waals surface area (Å²) in [5, 5.41) is 8.75. The van der Waals surface area contributed by atoms with Crippen molar-refractivity contribution in [1.82, 2.24) is 9.55 Å². The van der Waals surface area contributed by atoms with Gasteiger partial charge in [-0.1, -0.05) is 11.6 Å². The van der Waals surface area contributed by atoms with Gasteiger partial charge in [-0.25, -0.2) is 9.37 Å². The lowest BCUT2D eigenvalue weighted by molar-refractivity contribution is 0.441. The van der Waals surface area contributed by atoms with Crippen molar-refractivity contribution >= 4 is 11.6 Å². The number of hydrogen-bond acceptors (Lipinski definition) is 2. The minimum atomic E-state index is -0.505. The zero-order chi connectivity index (χ0) is 8.97. The van der Waals surface area contributed by atoms with E-state index < -0.39 is 6.67 Å². The zero-order valence-corrected chi connectivity index (χ0v) is 7.05. The van der Waals surface area contributed by atoms with Crippen LogP contribution in [-0.4, -0.2) is 16.2 Å². The van der Waals surface area contributed by atoms with Gasteiger partial charge in [0.25, 0.3) is 0 Å². The van der Waals surface area contributed by atoms with E-state index in [-0.39, 0.29) is 13.0 Å². The van der Waals surface area contributed by atoms with Crippen molar-refractivity contribution in [3.8, 4) is 6.07 Å². The van der Waals surface area contributed by atoms with E-state index in [0.717, 1.165) is 0 Å². The summed E-state index contributed by atoms with van der Waals surface area (Å²) in [5.74, 6) is 0.514. The molecule has 3 nitrogen and oxygen atoms in total. The third-order valence-corrected chi connectivity index (χ3v) is 1.74. The van der Waals surface area contributed by atoms with Gasteiger partial charge < -0.3 is 4.57 Å². The lowest BCUT2D eigenvalue weighted by Gasteiger charge is -2.02. The van der Waals surface area contributed by atoms with E-state index in [1.165, 1.54) is 10.8 Å². The van der Waals surface area contributed by atoms with Crippen LogP contribution in [0.25, 0.3) is 0 Å². The molecule has 0 aliphatic rings. The van der Waals surface area contributed by atoms with Gasteiger partial charge >= 0.3 is 0 Å². The fraction of sp³-hybridized carbons (Fsp3) is 0.429. The second-order valence-electron chi connectivity index (χ2n) is 2.17. The number of nitrogens with zero attached hydrogens (tertiary/aromatic N) is 3. The second-order valence-corrected chi connectivity index (χ2v) is 2.56. The molecule has 0 aliphatic heterocycles. The van der Waals surface area contributed by atoms with Crippen LogP contribution in [0.5, 0.6) is 0 Å². The predicted octanol–water partition coefficient (Wildman–Crippen LogP) is 1.57. The Kier molecular flexibility index (Phi) is 3.06. The van der Waals surface area contributed by atoms with Gasteiger partial charge in [-0.3, -0.25) is 0 Å². The number of hydrogen-bond donors (Lipinski definition) is 0. The molecule has 0 amide bonds. The Morgan fingerprint density at radius 1 is 1.75 bits per heavy atom. The van der Waals surface area contributed by atoms with E-state index in [0.29, 0.717) is 11.0 Å². The molecule has 1 heterocycles. The first-order valence-corrected chi connectivity index (χ1v) is 3.80. The largest absolute Gasteiger partial charge is 0.316 e. The van der Waals surface area contributed by atoms with Crippen molar-refractivity contribution in [3.05, 3.63) is 17.2 Å². The molecule has 0 unspecified atom stereocenters. The molecule has 0 aliphatic carbocycles. The number of imidazole rings is 1. The SMILES string of the molecule is N#CCc1ncc(Cl)n1CCF. The van der Waals surface area contributed by atoms with E-state index in [9.17, 15) is 4.39 Å². The molecular formula is C7H7ClFN3. The molecule has 1 aromatic rings. The first-order chi connectivity index (χ1) is 5.79. The van der Waals surface area contributed by atoms with Crippen LogP contribution >= 0.6 is 11.6 Å². The van der Waals surface area contributed by atoms with Crippen LogP contribution < -0.4 is 0 Å². The lowest BCUT2D eigenvalue weighted by Crippen LogP contribution is -2.04. The van der Waals surface area contributed by atoms with E-state index in [1.54, 1.807) is 0 Å². The summed E-state index contributed by atoms with van der Waals surface area (Å²) in [6.45, 7) is -0.343. The molecular weight excluding hydrogens is 181 g/mol. The van der Waals surface area contributed by atoms with Crippen molar-refractivity contribution in [2.45, 2.75) is 13.0 Å². The molecule has 64 valence electrons. The van der Waals surface area contributed by atoms with E-state index >= 15 is 0 Å². The molecule has 1 rings (SSSR count). The Bertz CT molecular complexity index is 302. The van der Waals surface area contributed by atoms with Crippen LogP contribution in [0.15, 0.2) is 6.20 Å². The molecule has 1 aromatic heterocycles. The Balaban J connectivity index is 2.89. The molecule has 0 fully saturated rings. The van der Waals surface area contributed by atoms with E-state index in [2.05, 4.69) is 4.98 Å². The van der Waals surface area contributed by atoms with Gasteiger partial charge in [-0.05, 0) is 0 Å². The number of nitriles is 1. The summed E-state index contributed by atoms with van der Waals surface area (Å²) in [5.41, 5.74) is 0. The van der Waals surface area contributed by atoms with Crippen molar-refractivity contribution in [1.29, 1.82) is 5.26 Å². The minimum absolute atomic E-state index is 0.159. The average Bonchev–Trinajstić information content (AvgIpc) is 2.37. The molecule has 0 radical (unpaired) electrons. The molecule has 12 heavy (non-hydrogen) atoms. The van der Waals surface area contributed by atoms with E-state index in [1.807, 2.05) is 6.07 Å². The van der Waals surface area contributed by atoms with Gasteiger partial charge in [0.1, 0.15) is 17.7 Å². The monoisotopic (exact) mass is 187 g/mol. The fourth-order valence-electron chi connectivity index (χ4n) is 0.923. The predicted molar refractivity (Wildman–Crippen MR) is 42.5 cm³/mol. The smallest absolute Gasteiger partial charge is 0.128 e. The van der Waals surface area contributed by atoms with Gasteiger partial charge in [-0.15, -0.1) is 0 Å². The van der Waals surface area contributed by atoms with Crippen molar-refractivity contribution in [2.24, 2.45) is 0 Å². The molecule has 5 heteroatoms. The van der Waals surface area contributed by atoms with Crippen LogP contribution in [0.1, 0.15) is 5.82 Å². The Labute approximate surface area is 74.4 Å². The quantitative estimate of drug-likeness (QED) is 0.721.